The maximum Gasteiger partial charge on any atom is 0.106 e. The molecule has 2 aromatic heterocycles. The van der Waals surface area contributed by atoms with E-state index in [2.05, 4.69) is 9.97 Å². The zero-order valence-corrected chi connectivity index (χ0v) is 11.5. The van der Waals surface area contributed by atoms with Crippen molar-refractivity contribution in [3.63, 3.8) is 0 Å². The SMILES string of the molecule is Cc1cc(C(O)c2cnc3ccccc3c2)cc(C)n1. The first kappa shape index (κ1) is 12.8. The van der Waals surface area contributed by atoms with Gasteiger partial charge in [0.15, 0.2) is 0 Å². The molecule has 2 heterocycles. The summed E-state index contributed by atoms with van der Waals surface area (Å²) in [7, 11) is 0. The Morgan fingerprint density at radius 3 is 2.40 bits per heavy atom. The summed E-state index contributed by atoms with van der Waals surface area (Å²) in [6.07, 6.45) is 1.06. The summed E-state index contributed by atoms with van der Waals surface area (Å²) in [6, 6.07) is 13.7. The first-order valence-corrected chi connectivity index (χ1v) is 6.61. The Morgan fingerprint density at radius 1 is 0.950 bits per heavy atom. The van der Waals surface area contributed by atoms with Gasteiger partial charge >= 0.3 is 0 Å². The highest BCUT2D eigenvalue weighted by Gasteiger charge is 2.12. The van der Waals surface area contributed by atoms with Gasteiger partial charge in [0.2, 0.25) is 0 Å². The van der Waals surface area contributed by atoms with Gasteiger partial charge in [-0.2, -0.15) is 0 Å². The number of aliphatic hydroxyl groups excluding tert-OH is 1. The van der Waals surface area contributed by atoms with Gasteiger partial charge in [-0.05, 0) is 43.7 Å². The van der Waals surface area contributed by atoms with Crippen LogP contribution in [0.4, 0.5) is 0 Å². The number of fused-ring (bicyclic) bond motifs is 1. The number of benzene rings is 1. The first-order valence-electron chi connectivity index (χ1n) is 6.61. The standard InChI is InChI=1S/C17H16N2O/c1-11-7-14(8-12(2)19-11)17(20)15-9-13-5-3-4-6-16(13)18-10-15/h3-10,17,20H,1-2H3. The van der Waals surface area contributed by atoms with Gasteiger partial charge in [0.1, 0.15) is 6.10 Å². The van der Waals surface area contributed by atoms with Gasteiger partial charge in [0, 0.05) is 28.5 Å². The maximum absolute atomic E-state index is 10.5. The average molecular weight is 264 g/mol. The minimum atomic E-state index is -0.674. The molecular formula is C17H16N2O. The molecule has 0 spiro atoms. The van der Waals surface area contributed by atoms with Crippen LogP contribution in [-0.4, -0.2) is 15.1 Å². The molecule has 3 nitrogen and oxygen atoms in total. The summed E-state index contributed by atoms with van der Waals surface area (Å²) < 4.78 is 0. The van der Waals surface area contributed by atoms with Crippen LogP contribution in [0.15, 0.2) is 48.7 Å². The third-order valence-electron chi connectivity index (χ3n) is 3.35. The highest BCUT2D eigenvalue weighted by molar-refractivity contribution is 5.78. The molecule has 100 valence electrons. The summed E-state index contributed by atoms with van der Waals surface area (Å²) in [6.45, 7) is 3.86. The molecule has 20 heavy (non-hydrogen) atoms. The number of aromatic nitrogens is 2. The molecule has 0 amide bonds. The Labute approximate surface area is 117 Å². The molecule has 0 aliphatic rings. The van der Waals surface area contributed by atoms with E-state index in [0.717, 1.165) is 33.4 Å². The first-order chi connectivity index (χ1) is 9.63. The minimum absolute atomic E-state index is 0.674. The van der Waals surface area contributed by atoms with Crippen molar-refractivity contribution in [3.8, 4) is 0 Å². The molecule has 1 N–H and O–H groups in total. The molecule has 0 saturated heterocycles. The molecule has 3 rings (SSSR count). The number of hydrogen-bond acceptors (Lipinski definition) is 3. The van der Waals surface area contributed by atoms with Crippen molar-refractivity contribution < 1.29 is 5.11 Å². The highest BCUT2D eigenvalue weighted by Crippen LogP contribution is 2.24. The quantitative estimate of drug-likeness (QED) is 0.772. The number of rotatable bonds is 2. The van der Waals surface area contributed by atoms with Gasteiger partial charge in [-0.15, -0.1) is 0 Å². The van der Waals surface area contributed by atoms with Gasteiger partial charge in [-0.3, -0.25) is 9.97 Å². The van der Waals surface area contributed by atoms with E-state index in [1.165, 1.54) is 0 Å². The topological polar surface area (TPSA) is 46.0 Å². The summed E-state index contributed by atoms with van der Waals surface area (Å²) in [5.41, 5.74) is 4.41. The van der Waals surface area contributed by atoms with Crippen LogP contribution in [0, 0.1) is 13.8 Å². The average Bonchev–Trinajstić information content (AvgIpc) is 2.45. The zero-order valence-electron chi connectivity index (χ0n) is 11.5. The van der Waals surface area contributed by atoms with Crippen LogP contribution >= 0.6 is 0 Å². The van der Waals surface area contributed by atoms with Gasteiger partial charge in [0.05, 0.1) is 5.52 Å². The Kier molecular flexibility index (Phi) is 3.20. The predicted molar refractivity (Wildman–Crippen MR) is 79.5 cm³/mol. The molecule has 1 aromatic carbocycles. The van der Waals surface area contributed by atoms with Crippen LogP contribution in [0.1, 0.15) is 28.6 Å². The Morgan fingerprint density at radius 2 is 1.65 bits per heavy atom. The summed E-state index contributed by atoms with van der Waals surface area (Å²) in [5.74, 6) is 0. The number of nitrogens with zero attached hydrogens (tertiary/aromatic N) is 2. The van der Waals surface area contributed by atoms with E-state index in [0.29, 0.717) is 0 Å². The smallest absolute Gasteiger partial charge is 0.106 e. The third-order valence-corrected chi connectivity index (χ3v) is 3.35. The van der Waals surface area contributed by atoms with Gasteiger partial charge in [0.25, 0.3) is 0 Å². The van der Waals surface area contributed by atoms with Crippen LogP contribution in [-0.2, 0) is 0 Å². The molecular weight excluding hydrogens is 248 g/mol. The van der Waals surface area contributed by atoms with Gasteiger partial charge < -0.3 is 5.11 Å². The molecule has 0 fully saturated rings. The predicted octanol–water partition coefficient (Wildman–Crippen LogP) is 3.33. The maximum atomic E-state index is 10.5. The van der Waals surface area contributed by atoms with Gasteiger partial charge in [-0.25, -0.2) is 0 Å². The largest absolute Gasteiger partial charge is 0.384 e. The molecule has 0 aliphatic heterocycles. The fourth-order valence-electron chi connectivity index (χ4n) is 2.45. The fourth-order valence-corrected chi connectivity index (χ4v) is 2.45. The molecule has 0 aliphatic carbocycles. The van der Waals surface area contributed by atoms with E-state index in [1.54, 1.807) is 6.20 Å². The van der Waals surface area contributed by atoms with Gasteiger partial charge in [-0.1, -0.05) is 18.2 Å². The van der Waals surface area contributed by atoms with Crippen molar-refractivity contribution in [2.45, 2.75) is 20.0 Å². The number of hydrogen-bond donors (Lipinski definition) is 1. The number of aryl methyl sites for hydroxylation is 2. The summed E-state index contributed by atoms with van der Waals surface area (Å²) >= 11 is 0. The molecule has 0 bridgehead atoms. The Hall–Kier alpha value is -2.26. The zero-order chi connectivity index (χ0) is 14.1. The number of aliphatic hydroxyl groups is 1. The highest BCUT2D eigenvalue weighted by atomic mass is 16.3. The van der Waals surface area contributed by atoms with E-state index in [-0.39, 0.29) is 0 Å². The molecule has 1 unspecified atom stereocenters. The monoisotopic (exact) mass is 264 g/mol. The van der Waals surface area contributed by atoms with Crippen LogP contribution in [0.2, 0.25) is 0 Å². The van der Waals surface area contributed by atoms with Crippen LogP contribution < -0.4 is 0 Å². The third kappa shape index (κ3) is 2.40. The van der Waals surface area contributed by atoms with E-state index in [9.17, 15) is 5.11 Å². The van der Waals surface area contributed by atoms with Crippen molar-refractivity contribution in [1.82, 2.24) is 9.97 Å². The van der Waals surface area contributed by atoms with Crippen molar-refractivity contribution in [1.29, 1.82) is 0 Å². The molecule has 1 atom stereocenters. The van der Waals surface area contributed by atoms with E-state index < -0.39 is 6.10 Å². The lowest BCUT2D eigenvalue weighted by Crippen LogP contribution is -2.02. The van der Waals surface area contributed by atoms with E-state index in [1.807, 2.05) is 56.3 Å². The normalized spacial score (nSPS) is 12.6. The minimum Gasteiger partial charge on any atom is -0.384 e. The Bertz CT molecular complexity index is 748. The van der Waals surface area contributed by atoms with Crippen molar-refractivity contribution >= 4 is 10.9 Å². The second-order valence-electron chi connectivity index (χ2n) is 5.05. The number of pyridine rings is 2. The van der Waals surface area contributed by atoms with Crippen molar-refractivity contribution in [2.75, 3.05) is 0 Å². The molecule has 3 heteroatoms. The van der Waals surface area contributed by atoms with E-state index in [4.69, 9.17) is 0 Å². The lowest BCUT2D eigenvalue weighted by molar-refractivity contribution is 0.220. The van der Waals surface area contributed by atoms with E-state index >= 15 is 0 Å². The fraction of sp³-hybridized carbons (Fsp3) is 0.176. The summed E-state index contributed by atoms with van der Waals surface area (Å²) in [4.78, 5) is 8.73. The second-order valence-corrected chi connectivity index (χ2v) is 5.05. The van der Waals surface area contributed by atoms with Crippen molar-refractivity contribution in [2.24, 2.45) is 0 Å². The van der Waals surface area contributed by atoms with Crippen molar-refractivity contribution in [3.05, 3.63) is 71.2 Å². The number of para-hydroxylation sites is 1. The second kappa shape index (κ2) is 5.02. The van der Waals surface area contributed by atoms with Crippen LogP contribution in [0.5, 0.6) is 0 Å². The van der Waals surface area contributed by atoms with Crippen LogP contribution in [0.3, 0.4) is 0 Å². The molecule has 3 aromatic rings. The lowest BCUT2D eigenvalue weighted by Gasteiger charge is -2.13. The van der Waals surface area contributed by atoms with Crippen LogP contribution in [0.25, 0.3) is 10.9 Å². The Balaban J connectivity index is 2.05. The molecule has 0 radical (unpaired) electrons. The summed E-state index contributed by atoms with van der Waals surface area (Å²) in [5, 5.41) is 11.6. The molecule has 0 saturated carbocycles. The lowest BCUT2D eigenvalue weighted by atomic mass is 10.0.